The highest BCUT2D eigenvalue weighted by Gasteiger charge is 2.36. The summed E-state index contributed by atoms with van der Waals surface area (Å²) < 4.78 is 62.0. The molecule has 0 radical (unpaired) electrons. The fourth-order valence-corrected chi connectivity index (χ4v) is 2.64. The number of hydrogen-bond donors (Lipinski definition) is 4. The molecule has 0 aliphatic rings. The van der Waals surface area contributed by atoms with Crippen LogP contribution in [0, 0.1) is 5.41 Å². The second-order valence-electron chi connectivity index (χ2n) is 3.74. The topological polar surface area (TPSA) is 108 Å². The first-order valence-corrected chi connectivity index (χ1v) is 6.66. The van der Waals surface area contributed by atoms with Crippen LogP contribution in [0.2, 0.25) is 0 Å². The van der Waals surface area contributed by atoms with Gasteiger partial charge in [-0.15, -0.1) is 0 Å². The molecule has 10 heteroatoms. The summed E-state index contributed by atoms with van der Waals surface area (Å²) in [7, 11) is -4.38. The first-order chi connectivity index (χ1) is 7.98. The summed E-state index contributed by atoms with van der Waals surface area (Å²) in [6, 6.07) is 0. The third-order valence-electron chi connectivity index (χ3n) is 2.52. The molecule has 0 heterocycles. The number of amidine groups is 1. The molecule has 18 heavy (non-hydrogen) atoms. The van der Waals surface area contributed by atoms with Crippen molar-refractivity contribution in [2.45, 2.75) is 38.4 Å². The van der Waals surface area contributed by atoms with Gasteiger partial charge in [0.05, 0.1) is 5.54 Å². The Bertz CT molecular complexity index is 390. The van der Waals surface area contributed by atoms with Gasteiger partial charge in [-0.05, 0) is 12.8 Å². The molecule has 0 amide bonds. The van der Waals surface area contributed by atoms with Gasteiger partial charge in [0.1, 0.15) is 12.4 Å². The van der Waals surface area contributed by atoms with Crippen LogP contribution in [0.1, 0.15) is 26.7 Å². The molecule has 0 aromatic carbocycles. The highest BCUT2D eigenvalue weighted by molar-refractivity contribution is 7.87. The quantitative estimate of drug-likeness (QED) is 0.404. The minimum atomic E-state index is -4.65. The minimum absolute atomic E-state index is 0.158. The zero-order valence-electron chi connectivity index (χ0n) is 10.1. The van der Waals surface area contributed by atoms with Crippen LogP contribution in [0.4, 0.5) is 13.2 Å². The molecule has 0 unspecified atom stereocenters. The minimum Gasteiger partial charge on any atom is -0.386 e. The molecule has 0 bridgehead atoms. The Balaban J connectivity index is 4.89. The van der Waals surface area contributed by atoms with Gasteiger partial charge in [-0.25, -0.2) is 0 Å². The molecule has 0 saturated heterocycles. The van der Waals surface area contributed by atoms with Crippen LogP contribution >= 0.6 is 0 Å². The van der Waals surface area contributed by atoms with E-state index in [0.29, 0.717) is 0 Å². The van der Waals surface area contributed by atoms with Crippen LogP contribution in [-0.4, -0.2) is 32.5 Å². The maximum Gasteiger partial charge on any atom is 0.402 e. The molecule has 6 nitrogen and oxygen atoms in total. The normalized spacial score (nSPS) is 13.6. The first-order valence-electron chi connectivity index (χ1n) is 5.18. The Morgan fingerprint density at radius 1 is 1.28 bits per heavy atom. The van der Waals surface area contributed by atoms with Crippen molar-refractivity contribution in [2.75, 3.05) is 6.54 Å². The zero-order valence-corrected chi connectivity index (χ0v) is 10.9. The average Bonchev–Trinajstić information content (AvgIpc) is 2.22. The van der Waals surface area contributed by atoms with E-state index in [-0.39, 0.29) is 12.8 Å². The molecule has 0 aliphatic carbocycles. The second-order valence-corrected chi connectivity index (χ2v) is 5.24. The van der Waals surface area contributed by atoms with Crippen molar-refractivity contribution in [1.82, 2.24) is 9.44 Å². The molecule has 0 aliphatic heterocycles. The van der Waals surface area contributed by atoms with Gasteiger partial charge in [-0.1, -0.05) is 13.8 Å². The van der Waals surface area contributed by atoms with Crippen LogP contribution in [0.5, 0.6) is 0 Å². The van der Waals surface area contributed by atoms with Crippen molar-refractivity contribution in [3.05, 3.63) is 0 Å². The summed E-state index contributed by atoms with van der Waals surface area (Å²) in [5.41, 5.74) is 3.92. The lowest BCUT2D eigenvalue weighted by Crippen LogP contribution is -2.59. The predicted octanol–water partition coefficient (Wildman–Crippen LogP) is 0.467. The Morgan fingerprint density at radius 3 is 2.00 bits per heavy atom. The van der Waals surface area contributed by atoms with Gasteiger partial charge in [0.25, 0.3) is 10.2 Å². The fraction of sp³-hybridized carbons (Fsp3) is 0.875. The van der Waals surface area contributed by atoms with Crippen molar-refractivity contribution >= 4 is 16.0 Å². The monoisotopic (exact) mass is 290 g/mol. The third-order valence-corrected chi connectivity index (χ3v) is 3.70. The summed E-state index contributed by atoms with van der Waals surface area (Å²) in [5, 5.41) is 7.34. The fourth-order valence-electron chi connectivity index (χ4n) is 1.30. The van der Waals surface area contributed by atoms with Gasteiger partial charge in [-0.3, -0.25) is 5.41 Å². The molecule has 0 aromatic heterocycles. The molecule has 0 aromatic rings. The molecular weight excluding hydrogens is 273 g/mol. The number of rotatable bonds is 7. The van der Waals surface area contributed by atoms with Gasteiger partial charge in [0.2, 0.25) is 0 Å². The van der Waals surface area contributed by atoms with Crippen molar-refractivity contribution in [3.8, 4) is 0 Å². The largest absolute Gasteiger partial charge is 0.402 e. The van der Waals surface area contributed by atoms with E-state index >= 15 is 0 Å². The number of halogens is 3. The summed E-state index contributed by atoms with van der Waals surface area (Å²) in [6.07, 6.45) is -4.33. The number of alkyl halides is 3. The van der Waals surface area contributed by atoms with Crippen molar-refractivity contribution < 1.29 is 21.6 Å². The number of hydrogen-bond acceptors (Lipinski definition) is 3. The van der Waals surface area contributed by atoms with Gasteiger partial charge in [-0.2, -0.15) is 31.0 Å². The van der Waals surface area contributed by atoms with Crippen molar-refractivity contribution in [1.29, 1.82) is 5.41 Å². The lowest BCUT2D eigenvalue weighted by molar-refractivity contribution is -0.121. The van der Waals surface area contributed by atoms with E-state index in [4.69, 9.17) is 11.1 Å². The Labute approximate surface area is 104 Å². The van der Waals surface area contributed by atoms with E-state index in [1.807, 2.05) is 4.72 Å². The number of nitrogens with one attached hydrogen (secondary N) is 3. The highest BCUT2D eigenvalue weighted by atomic mass is 32.2. The lowest BCUT2D eigenvalue weighted by atomic mass is 9.93. The smallest absolute Gasteiger partial charge is 0.386 e. The van der Waals surface area contributed by atoms with Crippen LogP contribution < -0.4 is 15.2 Å². The third kappa shape index (κ3) is 5.19. The first kappa shape index (κ1) is 17.1. The van der Waals surface area contributed by atoms with Crippen LogP contribution in [-0.2, 0) is 10.2 Å². The maximum absolute atomic E-state index is 11.9. The summed E-state index contributed by atoms with van der Waals surface area (Å²) in [5.74, 6) is -0.440. The molecule has 5 N–H and O–H groups in total. The molecule has 0 spiro atoms. The summed E-state index contributed by atoms with van der Waals surface area (Å²) in [4.78, 5) is 0. The van der Waals surface area contributed by atoms with E-state index in [2.05, 4.69) is 0 Å². The SMILES string of the molecule is CCC(CC)(NS(=O)(=O)NCC(F)(F)F)C(=N)N. The van der Waals surface area contributed by atoms with E-state index in [0.717, 1.165) is 0 Å². The van der Waals surface area contributed by atoms with Gasteiger partial charge < -0.3 is 5.73 Å². The van der Waals surface area contributed by atoms with Crippen LogP contribution in [0.3, 0.4) is 0 Å². The number of nitrogens with two attached hydrogens (primary N) is 1. The zero-order chi connectivity index (χ0) is 14.6. The molecular formula is C8H17F3N4O2S. The van der Waals surface area contributed by atoms with Gasteiger partial charge in [0.15, 0.2) is 0 Å². The highest BCUT2D eigenvalue weighted by Crippen LogP contribution is 2.17. The Morgan fingerprint density at radius 2 is 1.72 bits per heavy atom. The summed E-state index contributed by atoms with van der Waals surface area (Å²) >= 11 is 0. The van der Waals surface area contributed by atoms with E-state index in [1.165, 1.54) is 4.72 Å². The Kier molecular flexibility index (Phi) is 5.56. The average molecular weight is 290 g/mol. The second kappa shape index (κ2) is 5.85. The van der Waals surface area contributed by atoms with Gasteiger partial charge >= 0.3 is 6.18 Å². The molecule has 0 fully saturated rings. The molecule has 108 valence electrons. The van der Waals surface area contributed by atoms with Crippen molar-refractivity contribution in [3.63, 3.8) is 0 Å². The Hall–Kier alpha value is -0.870. The molecule has 0 atom stereocenters. The van der Waals surface area contributed by atoms with Gasteiger partial charge in [0, 0.05) is 0 Å². The molecule has 0 saturated carbocycles. The van der Waals surface area contributed by atoms with E-state index < -0.39 is 34.3 Å². The summed E-state index contributed by atoms with van der Waals surface area (Å²) in [6.45, 7) is 1.48. The van der Waals surface area contributed by atoms with Crippen molar-refractivity contribution in [2.24, 2.45) is 5.73 Å². The van der Waals surface area contributed by atoms with Crippen LogP contribution in [0.25, 0.3) is 0 Å². The van der Waals surface area contributed by atoms with Crippen LogP contribution in [0.15, 0.2) is 0 Å². The van der Waals surface area contributed by atoms with E-state index in [1.54, 1.807) is 13.8 Å². The standard InChI is InChI=1S/C8H17F3N4O2S/c1-3-7(4-2,6(12)13)15-18(16,17)14-5-8(9,10)11/h14-15H,3-5H2,1-2H3,(H3,12,13). The molecule has 0 rings (SSSR count). The lowest BCUT2D eigenvalue weighted by Gasteiger charge is -2.31. The predicted molar refractivity (Wildman–Crippen MR) is 61.3 cm³/mol. The van der Waals surface area contributed by atoms with E-state index in [9.17, 15) is 21.6 Å². The maximum atomic E-state index is 11.9.